The summed E-state index contributed by atoms with van der Waals surface area (Å²) in [6, 6.07) is 4.80. The molecule has 104 valence electrons. The Kier molecular flexibility index (Phi) is 3.54. The van der Waals surface area contributed by atoms with E-state index in [0.717, 1.165) is 18.4 Å². The molecule has 2 rings (SSSR count). The minimum atomic E-state index is -0.925. The van der Waals surface area contributed by atoms with Crippen LogP contribution in [0.3, 0.4) is 0 Å². The summed E-state index contributed by atoms with van der Waals surface area (Å²) >= 11 is 0. The molecule has 1 aromatic rings. The molecule has 19 heavy (non-hydrogen) atoms. The number of hydrogen-bond donors (Lipinski definition) is 2. The van der Waals surface area contributed by atoms with Crippen molar-refractivity contribution in [2.45, 2.75) is 45.3 Å². The quantitative estimate of drug-likeness (QED) is 0.858. The zero-order chi connectivity index (χ0) is 14.2. The number of carbonyl (C=O) groups excluding carboxylic acids is 1. The molecular weight excluding hydrogens is 242 g/mol. The first-order chi connectivity index (χ1) is 8.80. The predicted molar refractivity (Wildman–Crippen MR) is 73.2 cm³/mol. The van der Waals surface area contributed by atoms with Crippen molar-refractivity contribution in [3.05, 3.63) is 29.3 Å². The van der Waals surface area contributed by atoms with Gasteiger partial charge in [0, 0.05) is 6.54 Å². The van der Waals surface area contributed by atoms with E-state index >= 15 is 0 Å². The van der Waals surface area contributed by atoms with Crippen LogP contribution in [0.5, 0.6) is 5.75 Å². The van der Waals surface area contributed by atoms with Crippen molar-refractivity contribution in [3.63, 3.8) is 0 Å². The van der Waals surface area contributed by atoms with Gasteiger partial charge in [-0.2, -0.15) is 0 Å². The number of nitrogens with zero attached hydrogens (tertiary/aromatic N) is 1. The average Bonchev–Trinajstić information content (AvgIpc) is 2.80. The molecule has 4 nitrogen and oxygen atoms in total. The van der Waals surface area contributed by atoms with Crippen LogP contribution in [0.15, 0.2) is 18.2 Å². The third-order valence-electron chi connectivity index (χ3n) is 3.71. The molecule has 1 amide bonds. The number of hydrogen-bond acceptors (Lipinski definition) is 3. The molecule has 1 saturated heterocycles. The van der Waals surface area contributed by atoms with Crippen LogP contribution in [-0.2, 0) is 0 Å². The summed E-state index contributed by atoms with van der Waals surface area (Å²) < 4.78 is 0. The van der Waals surface area contributed by atoms with Crippen LogP contribution in [0.25, 0.3) is 0 Å². The lowest BCUT2D eigenvalue weighted by molar-refractivity contribution is 0.000222. The second-order valence-corrected chi connectivity index (χ2v) is 5.83. The Morgan fingerprint density at radius 1 is 1.42 bits per heavy atom. The molecule has 4 heteroatoms. The van der Waals surface area contributed by atoms with E-state index in [1.54, 1.807) is 30.9 Å². The topological polar surface area (TPSA) is 60.8 Å². The van der Waals surface area contributed by atoms with Crippen LogP contribution in [-0.4, -0.2) is 39.2 Å². The second kappa shape index (κ2) is 4.85. The molecule has 0 aliphatic carbocycles. The van der Waals surface area contributed by atoms with Crippen molar-refractivity contribution in [1.29, 1.82) is 0 Å². The number of phenolic OH excluding ortho intramolecular Hbond substituents is 1. The number of rotatable bonds is 2. The normalized spacial score (nSPS) is 19.8. The fraction of sp³-hybridized carbons (Fsp3) is 0.533. The fourth-order valence-electron chi connectivity index (χ4n) is 2.72. The molecule has 1 atom stereocenters. The van der Waals surface area contributed by atoms with Crippen molar-refractivity contribution in [2.24, 2.45) is 0 Å². The van der Waals surface area contributed by atoms with Gasteiger partial charge in [-0.15, -0.1) is 0 Å². The minimum absolute atomic E-state index is 0.00278. The Morgan fingerprint density at radius 2 is 2.11 bits per heavy atom. The molecule has 1 fully saturated rings. The van der Waals surface area contributed by atoms with Crippen molar-refractivity contribution in [1.82, 2.24) is 4.90 Å². The number of amides is 1. The SMILES string of the molecule is Cc1ccc(O)c(C(=O)N2CCCC2C(C)(C)O)c1. The highest BCUT2D eigenvalue weighted by Gasteiger charge is 2.39. The van der Waals surface area contributed by atoms with E-state index in [4.69, 9.17) is 0 Å². The number of benzene rings is 1. The van der Waals surface area contributed by atoms with E-state index in [2.05, 4.69) is 0 Å². The Hall–Kier alpha value is -1.55. The van der Waals surface area contributed by atoms with Crippen LogP contribution in [0.1, 0.15) is 42.6 Å². The largest absolute Gasteiger partial charge is 0.507 e. The summed E-state index contributed by atoms with van der Waals surface area (Å²) in [6.45, 7) is 5.95. The minimum Gasteiger partial charge on any atom is -0.507 e. The van der Waals surface area contributed by atoms with Crippen molar-refractivity contribution in [2.75, 3.05) is 6.54 Å². The van der Waals surface area contributed by atoms with Crippen LogP contribution in [0.2, 0.25) is 0 Å². The maximum absolute atomic E-state index is 12.5. The Labute approximate surface area is 113 Å². The first-order valence-electron chi connectivity index (χ1n) is 6.63. The van der Waals surface area contributed by atoms with Crippen molar-refractivity contribution < 1.29 is 15.0 Å². The van der Waals surface area contributed by atoms with Crippen LogP contribution in [0.4, 0.5) is 0 Å². The molecule has 1 aromatic carbocycles. The van der Waals surface area contributed by atoms with E-state index in [1.165, 1.54) is 6.07 Å². The van der Waals surface area contributed by atoms with Gasteiger partial charge in [-0.3, -0.25) is 4.79 Å². The Morgan fingerprint density at radius 3 is 2.74 bits per heavy atom. The van der Waals surface area contributed by atoms with Crippen LogP contribution < -0.4 is 0 Å². The molecule has 0 saturated carbocycles. The highest BCUT2D eigenvalue weighted by Crippen LogP contribution is 2.30. The van der Waals surface area contributed by atoms with Crippen molar-refractivity contribution in [3.8, 4) is 5.75 Å². The molecule has 1 heterocycles. The monoisotopic (exact) mass is 263 g/mol. The number of phenols is 1. The molecular formula is C15H21NO3. The molecule has 1 aliphatic rings. The average molecular weight is 263 g/mol. The summed E-state index contributed by atoms with van der Waals surface area (Å²) in [5, 5.41) is 20.0. The van der Waals surface area contributed by atoms with Gasteiger partial charge in [0.05, 0.1) is 17.2 Å². The van der Waals surface area contributed by atoms with E-state index in [-0.39, 0.29) is 17.7 Å². The van der Waals surface area contributed by atoms with Crippen molar-refractivity contribution >= 4 is 5.91 Å². The number of aryl methyl sites for hydroxylation is 1. The van der Waals surface area contributed by atoms with Crippen LogP contribution >= 0.6 is 0 Å². The number of aliphatic hydroxyl groups is 1. The lowest BCUT2D eigenvalue weighted by Crippen LogP contribution is -2.48. The van der Waals surface area contributed by atoms with E-state index in [1.807, 2.05) is 6.92 Å². The van der Waals surface area contributed by atoms with Gasteiger partial charge in [0.2, 0.25) is 0 Å². The predicted octanol–water partition coefficient (Wildman–Crippen LogP) is 2.08. The molecule has 1 unspecified atom stereocenters. The van der Waals surface area contributed by atoms with Gasteiger partial charge in [0.15, 0.2) is 0 Å². The third kappa shape index (κ3) is 2.73. The first-order valence-corrected chi connectivity index (χ1v) is 6.63. The fourth-order valence-corrected chi connectivity index (χ4v) is 2.72. The summed E-state index contributed by atoms with van der Waals surface area (Å²) in [6.07, 6.45) is 1.68. The summed E-state index contributed by atoms with van der Waals surface area (Å²) in [5.41, 5.74) is 0.322. The lowest BCUT2D eigenvalue weighted by Gasteiger charge is -2.34. The zero-order valence-corrected chi connectivity index (χ0v) is 11.7. The van der Waals surface area contributed by atoms with E-state index in [0.29, 0.717) is 12.1 Å². The van der Waals surface area contributed by atoms with Gasteiger partial charge in [-0.05, 0) is 45.7 Å². The first kappa shape index (κ1) is 13.9. The van der Waals surface area contributed by atoms with Gasteiger partial charge in [0.1, 0.15) is 5.75 Å². The number of carbonyl (C=O) groups is 1. The Balaban J connectivity index is 2.31. The van der Waals surface area contributed by atoms with E-state index in [9.17, 15) is 15.0 Å². The van der Waals surface area contributed by atoms with E-state index < -0.39 is 5.60 Å². The summed E-state index contributed by atoms with van der Waals surface area (Å²) in [5.74, 6) is -0.206. The highest BCUT2D eigenvalue weighted by atomic mass is 16.3. The molecule has 0 radical (unpaired) electrons. The molecule has 1 aliphatic heterocycles. The number of aromatic hydroxyl groups is 1. The smallest absolute Gasteiger partial charge is 0.257 e. The maximum atomic E-state index is 12.5. The Bertz CT molecular complexity index is 491. The lowest BCUT2D eigenvalue weighted by atomic mass is 9.96. The number of likely N-dealkylation sites (tertiary alicyclic amines) is 1. The van der Waals surface area contributed by atoms with Gasteiger partial charge >= 0.3 is 0 Å². The third-order valence-corrected chi connectivity index (χ3v) is 3.71. The molecule has 0 bridgehead atoms. The maximum Gasteiger partial charge on any atom is 0.257 e. The van der Waals surface area contributed by atoms with Gasteiger partial charge < -0.3 is 15.1 Å². The summed E-state index contributed by atoms with van der Waals surface area (Å²) in [7, 11) is 0. The molecule has 0 aromatic heterocycles. The standard InChI is InChI=1S/C15H21NO3/c1-10-6-7-12(17)11(9-10)14(18)16-8-4-5-13(16)15(2,3)19/h6-7,9,13,17,19H,4-5,8H2,1-3H3. The summed E-state index contributed by atoms with van der Waals surface area (Å²) in [4.78, 5) is 14.2. The van der Waals surface area contributed by atoms with Gasteiger partial charge in [0.25, 0.3) is 5.91 Å². The second-order valence-electron chi connectivity index (χ2n) is 5.83. The molecule has 0 spiro atoms. The van der Waals surface area contributed by atoms with Gasteiger partial charge in [-0.1, -0.05) is 11.6 Å². The molecule has 2 N–H and O–H groups in total. The zero-order valence-electron chi connectivity index (χ0n) is 11.7. The van der Waals surface area contributed by atoms with Crippen LogP contribution in [0, 0.1) is 6.92 Å². The van der Waals surface area contributed by atoms with Gasteiger partial charge in [-0.25, -0.2) is 0 Å². The highest BCUT2D eigenvalue weighted by molar-refractivity contribution is 5.97.